The van der Waals surface area contributed by atoms with Gasteiger partial charge in [-0.05, 0) is 48.4 Å². The summed E-state index contributed by atoms with van der Waals surface area (Å²) in [5, 5.41) is 3.56. The Balaban J connectivity index is 2.15. The first kappa shape index (κ1) is 11.7. The highest BCUT2D eigenvalue weighted by Gasteiger charge is 2.21. The number of fused-ring (bicyclic) bond motifs is 1. The van der Waals surface area contributed by atoms with Crippen LogP contribution < -0.4 is 5.32 Å². The molecule has 1 aliphatic rings. The highest BCUT2D eigenvalue weighted by atomic mass is 14.9. The van der Waals surface area contributed by atoms with Gasteiger partial charge in [0.15, 0.2) is 0 Å². The summed E-state index contributed by atoms with van der Waals surface area (Å²) < 4.78 is 0. The minimum absolute atomic E-state index is 0.605. The predicted octanol–water partition coefficient (Wildman–Crippen LogP) is 3.48. The normalized spacial score (nSPS) is 19.1. The van der Waals surface area contributed by atoms with Gasteiger partial charge < -0.3 is 5.32 Å². The third-order valence-electron chi connectivity index (χ3n) is 3.38. The third-order valence-corrected chi connectivity index (χ3v) is 3.38. The van der Waals surface area contributed by atoms with Crippen molar-refractivity contribution in [2.45, 2.75) is 46.1 Å². The van der Waals surface area contributed by atoms with Crippen molar-refractivity contribution in [1.82, 2.24) is 5.32 Å². The Kier molecular flexibility index (Phi) is 3.65. The van der Waals surface area contributed by atoms with Gasteiger partial charge >= 0.3 is 0 Å². The van der Waals surface area contributed by atoms with Gasteiger partial charge in [0.2, 0.25) is 0 Å². The van der Waals surface area contributed by atoms with Crippen LogP contribution in [-0.4, -0.2) is 6.54 Å². The Labute approximate surface area is 99.3 Å². The van der Waals surface area contributed by atoms with E-state index in [-0.39, 0.29) is 0 Å². The number of benzene rings is 1. The molecule has 1 atom stereocenters. The summed E-state index contributed by atoms with van der Waals surface area (Å²) in [4.78, 5) is 0. The van der Waals surface area contributed by atoms with E-state index in [2.05, 4.69) is 44.3 Å². The van der Waals surface area contributed by atoms with E-state index in [0.29, 0.717) is 6.04 Å². The number of nitrogens with one attached hydrogen (secondary N) is 1. The molecule has 0 amide bonds. The van der Waals surface area contributed by atoms with Crippen molar-refractivity contribution >= 4 is 0 Å². The van der Waals surface area contributed by atoms with E-state index in [1.54, 1.807) is 5.56 Å². The molecule has 1 heteroatoms. The maximum atomic E-state index is 3.56. The first-order valence-corrected chi connectivity index (χ1v) is 6.55. The van der Waals surface area contributed by atoms with Gasteiger partial charge in [-0.1, -0.05) is 39.0 Å². The highest BCUT2D eigenvalue weighted by Crippen LogP contribution is 2.31. The molecule has 0 aliphatic heterocycles. The molecular weight excluding hydrogens is 194 g/mol. The summed E-state index contributed by atoms with van der Waals surface area (Å²) in [6, 6.07) is 7.68. The smallest absolute Gasteiger partial charge is 0.0326 e. The molecule has 0 bridgehead atoms. The first-order chi connectivity index (χ1) is 7.70. The maximum Gasteiger partial charge on any atom is 0.0326 e. The van der Waals surface area contributed by atoms with Crippen LogP contribution in [0.15, 0.2) is 18.2 Å². The van der Waals surface area contributed by atoms with Crippen molar-refractivity contribution in [3.63, 3.8) is 0 Å². The maximum absolute atomic E-state index is 3.56. The quantitative estimate of drug-likeness (QED) is 0.814. The molecular formula is C15H23N. The van der Waals surface area contributed by atoms with Crippen LogP contribution in [0.4, 0.5) is 0 Å². The fourth-order valence-corrected chi connectivity index (χ4v) is 2.73. The summed E-state index contributed by atoms with van der Waals surface area (Å²) >= 11 is 0. The lowest BCUT2D eigenvalue weighted by Gasteiger charge is -2.13. The lowest BCUT2D eigenvalue weighted by Crippen LogP contribution is -2.18. The zero-order valence-electron chi connectivity index (χ0n) is 10.7. The van der Waals surface area contributed by atoms with Gasteiger partial charge in [0.1, 0.15) is 0 Å². The number of rotatable bonds is 4. The summed E-state index contributed by atoms with van der Waals surface area (Å²) in [6.45, 7) is 7.83. The Morgan fingerprint density at radius 2 is 2.19 bits per heavy atom. The van der Waals surface area contributed by atoms with Gasteiger partial charge in [-0.15, -0.1) is 0 Å². The van der Waals surface area contributed by atoms with Crippen LogP contribution in [0.3, 0.4) is 0 Å². The monoisotopic (exact) mass is 217 g/mol. The molecule has 88 valence electrons. The molecule has 0 saturated heterocycles. The molecule has 16 heavy (non-hydrogen) atoms. The highest BCUT2D eigenvalue weighted by molar-refractivity contribution is 5.38. The molecule has 0 saturated carbocycles. The lowest BCUT2D eigenvalue weighted by molar-refractivity contribution is 0.549. The Hall–Kier alpha value is -0.820. The SMILES string of the molecule is CCNC1CCc2cc(CC(C)C)ccc21. The molecule has 1 nitrogen and oxygen atoms in total. The third kappa shape index (κ3) is 2.46. The zero-order valence-corrected chi connectivity index (χ0v) is 10.7. The second kappa shape index (κ2) is 5.01. The minimum Gasteiger partial charge on any atom is -0.310 e. The minimum atomic E-state index is 0.605. The molecule has 2 rings (SSSR count). The Morgan fingerprint density at radius 3 is 2.88 bits per heavy atom. The van der Waals surface area contributed by atoms with E-state index in [1.165, 1.54) is 30.4 Å². The van der Waals surface area contributed by atoms with Crippen LogP contribution in [0.25, 0.3) is 0 Å². The van der Waals surface area contributed by atoms with Gasteiger partial charge in [0.05, 0.1) is 0 Å². The van der Waals surface area contributed by atoms with Crippen LogP contribution >= 0.6 is 0 Å². The molecule has 1 N–H and O–H groups in total. The standard InChI is InChI=1S/C15H23N/c1-4-16-15-8-6-13-10-12(9-11(2)3)5-7-14(13)15/h5,7,10-11,15-16H,4,6,8-9H2,1-3H3. The average Bonchev–Trinajstić information content (AvgIpc) is 2.61. The molecule has 0 spiro atoms. The second-order valence-corrected chi connectivity index (χ2v) is 5.28. The summed E-state index contributed by atoms with van der Waals surface area (Å²) in [6.07, 6.45) is 3.73. The number of hydrogen-bond donors (Lipinski definition) is 1. The zero-order chi connectivity index (χ0) is 11.5. The van der Waals surface area contributed by atoms with Crippen LogP contribution in [0.5, 0.6) is 0 Å². The van der Waals surface area contributed by atoms with Crippen molar-refractivity contribution in [2.24, 2.45) is 5.92 Å². The summed E-state index contributed by atoms with van der Waals surface area (Å²) in [7, 11) is 0. The van der Waals surface area contributed by atoms with E-state index in [9.17, 15) is 0 Å². The van der Waals surface area contributed by atoms with E-state index < -0.39 is 0 Å². The molecule has 1 unspecified atom stereocenters. The van der Waals surface area contributed by atoms with E-state index >= 15 is 0 Å². The van der Waals surface area contributed by atoms with Crippen LogP contribution in [0.1, 0.15) is 49.9 Å². The van der Waals surface area contributed by atoms with Gasteiger partial charge in [-0.3, -0.25) is 0 Å². The topological polar surface area (TPSA) is 12.0 Å². The van der Waals surface area contributed by atoms with Crippen molar-refractivity contribution in [3.8, 4) is 0 Å². The van der Waals surface area contributed by atoms with E-state index in [0.717, 1.165) is 12.5 Å². The lowest BCUT2D eigenvalue weighted by atomic mass is 9.98. The van der Waals surface area contributed by atoms with E-state index in [1.807, 2.05) is 0 Å². The number of aryl methyl sites for hydroxylation is 1. The first-order valence-electron chi connectivity index (χ1n) is 6.55. The van der Waals surface area contributed by atoms with Crippen LogP contribution in [-0.2, 0) is 12.8 Å². The van der Waals surface area contributed by atoms with Crippen molar-refractivity contribution in [1.29, 1.82) is 0 Å². The number of hydrogen-bond acceptors (Lipinski definition) is 1. The predicted molar refractivity (Wildman–Crippen MR) is 69.7 cm³/mol. The second-order valence-electron chi connectivity index (χ2n) is 5.28. The largest absolute Gasteiger partial charge is 0.310 e. The fourth-order valence-electron chi connectivity index (χ4n) is 2.73. The van der Waals surface area contributed by atoms with Gasteiger partial charge in [-0.2, -0.15) is 0 Å². The molecule has 1 aromatic rings. The molecule has 0 heterocycles. The van der Waals surface area contributed by atoms with Crippen molar-refractivity contribution in [3.05, 3.63) is 34.9 Å². The molecule has 1 aliphatic carbocycles. The molecule has 0 aromatic heterocycles. The van der Waals surface area contributed by atoms with E-state index in [4.69, 9.17) is 0 Å². The molecule has 0 fully saturated rings. The molecule has 0 radical (unpaired) electrons. The molecule has 1 aromatic carbocycles. The van der Waals surface area contributed by atoms with Crippen molar-refractivity contribution in [2.75, 3.05) is 6.54 Å². The Morgan fingerprint density at radius 1 is 1.38 bits per heavy atom. The Bertz CT molecular complexity index is 354. The van der Waals surface area contributed by atoms with Gasteiger partial charge in [0, 0.05) is 6.04 Å². The summed E-state index contributed by atoms with van der Waals surface area (Å²) in [5.41, 5.74) is 4.62. The average molecular weight is 217 g/mol. The fraction of sp³-hybridized carbons (Fsp3) is 0.600. The van der Waals surface area contributed by atoms with Gasteiger partial charge in [0.25, 0.3) is 0 Å². The van der Waals surface area contributed by atoms with Crippen LogP contribution in [0, 0.1) is 5.92 Å². The van der Waals surface area contributed by atoms with Crippen LogP contribution in [0.2, 0.25) is 0 Å². The summed E-state index contributed by atoms with van der Waals surface area (Å²) in [5.74, 6) is 0.754. The van der Waals surface area contributed by atoms with Gasteiger partial charge in [-0.25, -0.2) is 0 Å². The van der Waals surface area contributed by atoms with Crippen molar-refractivity contribution < 1.29 is 0 Å².